The quantitative estimate of drug-likeness (QED) is 0.534. The zero-order valence-electron chi connectivity index (χ0n) is 8.31. The van der Waals surface area contributed by atoms with Crippen LogP contribution in [0.2, 0.25) is 0 Å². The summed E-state index contributed by atoms with van der Waals surface area (Å²) in [5.74, 6) is 0. The summed E-state index contributed by atoms with van der Waals surface area (Å²) >= 11 is 0. The third kappa shape index (κ3) is 7.98. The molecule has 3 heteroatoms. The molecule has 0 amide bonds. The number of hydrogen-bond acceptors (Lipinski definition) is 3. The first-order chi connectivity index (χ1) is 5.81. The first kappa shape index (κ1) is 11.9. The van der Waals surface area contributed by atoms with Gasteiger partial charge < -0.3 is 15.8 Å². The molecule has 3 N–H and O–H groups in total. The molecule has 0 rings (SSSR count). The molecule has 0 aromatic rings. The van der Waals surface area contributed by atoms with Gasteiger partial charge in [-0.3, -0.25) is 0 Å². The Balaban J connectivity index is 3.04. The van der Waals surface area contributed by atoms with E-state index in [4.69, 9.17) is 10.5 Å². The van der Waals surface area contributed by atoms with Gasteiger partial charge in [-0.2, -0.15) is 0 Å². The summed E-state index contributed by atoms with van der Waals surface area (Å²) in [5.41, 5.74) is 5.84. The van der Waals surface area contributed by atoms with Crippen LogP contribution in [0, 0.1) is 0 Å². The van der Waals surface area contributed by atoms with Gasteiger partial charge in [-0.25, -0.2) is 0 Å². The summed E-state index contributed by atoms with van der Waals surface area (Å²) < 4.78 is 4.94. The molecule has 0 aromatic heterocycles. The molecular weight excluding hydrogens is 152 g/mol. The zero-order valence-corrected chi connectivity index (χ0v) is 8.31. The van der Waals surface area contributed by atoms with Crippen LogP contribution in [0.15, 0.2) is 0 Å². The van der Waals surface area contributed by atoms with Crippen molar-refractivity contribution in [2.45, 2.75) is 32.2 Å². The van der Waals surface area contributed by atoms with Gasteiger partial charge in [-0.05, 0) is 25.8 Å². The summed E-state index contributed by atoms with van der Waals surface area (Å²) in [6.07, 6.45) is 3.28. The number of hydrogen-bond donors (Lipinski definition) is 2. The van der Waals surface area contributed by atoms with Gasteiger partial charge in [0.25, 0.3) is 0 Å². The van der Waals surface area contributed by atoms with E-state index in [1.165, 1.54) is 6.42 Å². The first-order valence-corrected chi connectivity index (χ1v) is 4.76. The lowest BCUT2D eigenvalue weighted by Crippen LogP contribution is -2.34. The van der Waals surface area contributed by atoms with E-state index in [0.717, 1.165) is 32.5 Å². The maximum atomic E-state index is 5.84. The van der Waals surface area contributed by atoms with Crippen LogP contribution < -0.4 is 11.1 Å². The molecule has 0 aromatic carbocycles. The molecule has 0 spiro atoms. The van der Waals surface area contributed by atoms with Crippen LogP contribution in [0.3, 0.4) is 0 Å². The Morgan fingerprint density at radius 1 is 1.50 bits per heavy atom. The van der Waals surface area contributed by atoms with Gasteiger partial charge in [0.2, 0.25) is 0 Å². The molecule has 1 atom stereocenters. The van der Waals surface area contributed by atoms with Crippen molar-refractivity contribution in [2.75, 3.05) is 26.8 Å². The third-order valence-corrected chi connectivity index (χ3v) is 1.76. The van der Waals surface area contributed by atoms with Crippen LogP contribution in [0.25, 0.3) is 0 Å². The van der Waals surface area contributed by atoms with Crippen LogP contribution in [-0.4, -0.2) is 32.8 Å². The Labute approximate surface area is 75.7 Å². The van der Waals surface area contributed by atoms with Crippen molar-refractivity contribution in [3.8, 4) is 0 Å². The van der Waals surface area contributed by atoms with E-state index >= 15 is 0 Å². The molecule has 12 heavy (non-hydrogen) atoms. The molecule has 1 unspecified atom stereocenters. The van der Waals surface area contributed by atoms with E-state index in [2.05, 4.69) is 12.2 Å². The van der Waals surface area contributed by atoms with Gasteiger partial charge in [0, 0.05) is 26.3 Å². The minimum atomic E-state index is 0.284. The van der Waals surface area contributed by atoms with Crippen molar-refractivity contribution < 1.29 is 4.74 Å². The molecule has 74 valence electrons. The van der Waals surface area contributed by atoms with E-state index in [1.54, 1.807) is 7.11 Å². The highest BCUT2D eigenvalue weighted by Gasteiger charge is 2.00. The number of methoxy groups -OCH3 is 1. The molecule has 0 heterocycles. The topological polar surface area (TPSA) is 47.3 Å². The van der Waals surface area contributed by atoms with Gasteiger partial charge in [0.05, 0.1) is 0 Å². The third-order valence-electron chi connectivity index (χ3n) is 1.76. The van der Waals surface area contributed by atoms with E-state index in [0.29, 0.717) is 0 Å². The van der Waals surface area contributed by atoms with Gasteiger partial charge in [-0.1, -0.05) is 6.92 Å². The molecule has 0 aliphatic carbocycles. The van der Waals surface area contributed by atoms with E-state index in [1.807, 2.05) is 0 Å². The summed E-state index contributed by atoms with van der Waals surface area (Å²) in [6, 6.07) is 0.284. The molecule has 0 saturated carbocycles. The molecule has 0 aliphatic heterocycles. The van der Waals surface area contributed by atoms with Gasteiger partial charge in [0.1, 0.15) is 0 Å². The molecule has 0 radical (unpaired) electrons. The minimum absolute atomic E-state index is 0.284. The monoisotopic (exact) mass is 174 g/mol. The SMILES string of the molecule is CCCNCC(N)CCCOC. The van der Waals surface area contributed by atoms with Gasteiger partial charge >= 0.3 is 0 Å². The highest BCUT2D eigenvalue weighted by molar-refractivity contribution is 4.63. The fourth-order valence-electron chi connectivity index (χ4n) is 1.06. The first-order valence-electron chi connectivity index (χ1n) is 4.76. The highest BCUT2D eigenvalue weighted by atomic mass is 16.5. The number of nitrogens with one attached hydrogen (secondary N) is 1. The number of rotatable bonds is 8. The second-order valence-electron chi connectivity index (χ2n) is 3.10. The fourth-order valence-corrected chi connectivity index (χ4v) is 1.06. The van der Waals surface area contributed by atoms with Crippen LogP contribution >= 0.6 is 0 Å². The van der Waals surface area contributed by atoms with E-state index < -0.39 is 0 Å². The molecule has 0 bridgehead atoms. The van der Waals surface area contributed by atoms with Crippen molar-refractivity contribution >= 4 is 0 Å². The molecular formula is C9H22N2O. The van der Waals surface area contributed by atoms with Crippen molar-refractivity contribution in [1.82, 2.24) is 5.32 Å². The normalized spacial score (nSPS) is 13.2. The predicted molar refractivity (Wildman–Crippen MR) is 52.2 cm³/mol. The lowest BCUT2D eigenvalue weighted by Gasteiger charge is -2.11. The lowest BCUT2D eigenvalue weighted by atomic mass is 10.2. The molecule has 3 nitrogen and oxygen atoms in total. The smallest absolute Gasteiger partial charge is 0.0462 e. The summed E-state index contributed by atoms with van der Waals surface area (Å²) in [4.78, 5) is 0. The van der Waals surface area contributed by atoms with Crippen LogP contribution in [-0.2, 0) is 4.74 Å². The standard InChI is InChI=1S/C9H22N2O/c1-3-6-11-8-9(10)5-4-7-12-2/h9,11H,3-8,10H2,1-2H3. The second-order valence-corrected chi connectivity index (χ2v) is 3.10. The Morgan fingerprint density at radius 2 is 2.25 bits per heavy atom. The van der Waals surface area contributed by atoms with Crippen LogP contribution in [0.5, 0.6) is 0 Å². The van der Waals surface area contributed by atoms with Crippen molar-refractivity contribution in [2.24, 2.45) is 5.73 Å². The summed E-state index contributed by atoms with van der Waals surface area (Å²) in [6.45, 7) is 4.97. The second kappa shape index (κ2) is 8.97. The molecule has 0 saturated heterocycles. The minimum Gasteiger partial charge on any atom is -0.385 e. The molecule has 0 aliphatic rings. The largest absolute Gasteiger partial charge is 0.385 e. The van der Waals surface area contributed by atoms with Crippen LogP contribution in [0.1, 0.15) is 26.2 Å². The van der Waals surface area contributed by atoms with Crippen molar-refractivity contribution in [1.29, 1.82) is 0 Å². The van der Waals surface area contributed by atoms with E-state index in [9.17, 15) is 0 Å². The Kier molecular flexibility index (Phi) is 8.88. The van der Waals surface area contributed by atoms with Crippen LogP contribution in [0.4, 0.5) is 0 Å². The zero-order chi connectivity index (χ0) is 9.23. The lowest BCUT2D eigenvalue weighted by molar-refractivity contribution is 0.190. The Bertz CT molecular complexity index is 78.6. The molecule has 0 fully saturated rings. The average Bonchev–Trinajstić information content (AvgIpc) is 2.06. The van der Waals surface area contributed by atoms with Gasteiger partial charge in [-0.15, -0.1) is 0 Å². The van der Waals surface area contributed by atoms with Gasteiger partial charge in [0.15, 0.2) is 0 Å². The summed E-state index contributed by atoms with van der Waals surface area (Å²) in [5, 5.41) is 3.30. The highest BCUT2D eigenvalue weighted by Crippen LogP contribution is 1.93. The average molecular weight is 174 g/mol. The Hall–Kier alpha value is -0.120. The number of ether oxygens (including phenoxy) is 1. The fraction of sp³-hybridized carbons (Fsp3) is 1.00. The summed E-state index contributed by atoms with van der Waals surface area (Å²) in [7, 11) is 1.72. The van der Waals surface area contributed by atoms with Crippen molar-refractivity contribution in [3.63, 3.8) is 0 Å². The maximum Gasteiger partial charge on any atom is 0.0462 e. The predicted octanol–water partition coefficient (Wildman–Crippen LogP) is 0.740. The maximum absolute atomic E-state index is 5.84. The van der Waals surface area contributed by atoms with Crippen molar-refractivity contribution in [3.05, 3.63) is 0 Å². The number of nitrogens with two attached hydrogens (primary N) is 1. The van der Waals surface area contributed by atoms with E-state index in [-0.39, 0.29) is 6.04 Å². The Morgan fingerprint density at radius 3 is 2.83 bits per heavy atom.